The van der Waals surface area contributed by atoms with Crippen molar-refractivity contribution in [3.63, 3.8) is 0 Å². The lowest BCUT2D eigenvalue weighted by Crippen LogP contribution is -2.35. The number of aromatic nitrogens is 1. The van der Waals surface area contributed by atoms with Crippen LogP contribution in [0, 0.1) is 0 Å². The number of nitrogens with one attached hydrogen (secondary N) is 2. The van der Waals surface area contributed by atoms with Gasteiger partial charge in [-0.25, -0.2) is 0 Å². The number of benzene rings is 1. The molecular weight excluding hydrogens is 428 g/mol. The van der Waals surface area contributed by atoms with E-state index in [2.05, 4.69) is 21.3 Å². The Hall–Kier alpha value is -2.61. The van der Waals surface area contributed by atoms with Crippen molar-refractivity contribution in [3.05, 3.63) is 52.8 Å². The van der Waals surface area contributed by atoms with E-state index in [9.17, 15) is 9.59 Å². The molecule has 1 aromatic carbocycles. The number of carbonyl (C=O) groups is 2. The number of halogens is 1. The topological polar surface area (TPSA) is 77.7 Å². The fourth-order valence-corrected chi connectivity index (χ4v) is 4.53. The molecule has 0 unspecified atom stereocenters. The van der Waals surface area contributed by atoms with Crippen molar-refractivity contribution in [1.82, 2.24) is 14.8 Å². The number of carbonyl (C=O) groups excluding carboxylic acids is 2. The van der Waals surface area contributed by atoms with Crippen LogP contribution in [0.1, 0.15) is 41.6 Å². The molecule has 0 radical (unpaired) electrons. The number of ether oxygens (including phenoxy) is 1. The number of hydrogen-bond donors (Lipinski definition) is 2. The van der Waals surface area contributed by atoms with Crippen LogP contribution in [0.4, 0.5) is 5.69 Å². The summed E-state index contributed by atoms with van der Waals surface area (Å²) in [5.74, 6) is 0.126. The molecule has 32 heavy (non-hydrogen) atoms. The molecule has 8 heteroatoms. The molecule has 0 spiro atoms. The Balaban J connectivity index is 0.00000245. The summed E-state index contributed by atoms with van der Waals surface area (Å²) < 4.78 is 5.41. The Kier molecular flexibility index (Phi) is 6.98. The number of likely N-dealkylation sites (tertiary alicyclic amines) is 1. The highest BCUT2D eigenvalue weighted by atomic mass is 35.5. The summed E-state index contributed by atoms with van der Waals surface area (Å²) in [6.45, 7) is 5.73. The molecule has 0 aliphatic carbocycles. The first-order chi connectivity index (χ1) is 15.2. The van der Waals surface area contributed by atoms with Gasteiger partial charge in [0.15, 0.2) is 0 Å². The predicted octanol–water partition coefficient (Wildman–Crippen LogP) is 3.27. The van der Waals surface area contributed by atoms with Crippen molar-refractivity contribution in [3.8, 4) is 0 Å². The van der Waals surface area contributed by atoms with Crippen LogP contribution >= 0.6 is 12.4 Å². The highest BCUT2D eigenvalue weighted by Gasteiger charge is 2.25. The minimum Gasteiger partial charge on any atom is -0.379 e. The van der Waals surface area contributed by atoms with Crippen molar-refractivity contribution < 1.29 is 14.3 Å². The van der Waals surface area contributed by atoms with Gasteiger partial charge in [-0.1, -0.05) is 6.07 Å². The Labute approximate surface area is 194 Å². The zero-order valence-electron chi connectivity index (χ0n) is 18.1. The standard InChI is InChI=1S/C24H28N4O3.ClH/c29-23-3-1-2-6-28(23)16-17-4-5-22-20(12-17)21(24(30)26-22)13-19-11-18(14-25-19)15-27-7-9-31-10-8-27;/h4-5,11-14,25H,1-3,6-10,15-16H2,(H,26,30);1H. The zero-order valence-corrected chi connectivity index (χ0v) is 18.9. The third kappa shape index (κ3) is 4.90. The maximum Gasteiger partial charge on any atom is 0.256 e. The quantitative estimate of drug-likeness (QED) is 0.677. The van der Waals surface area contributed by atoms with Crippen LogP contribution in [0.25, 0.3) is 11.6 Å². The fraction of sp³-hybridized carbons (Fsp3) is 0.417. The van der Waals surface area contributed by atoms with E-state index in [4.69, 9.17) is 4.74 Å². The van der Waals surface area contributed by atoms with E-state index >= 15 is 0 Å². The van der Waals surface area contributed by atoms with Gasteiger partial charge < -0.3 is 19.9 Å². The second-order valence-corrected chi connectivity index (χ2v) is 8.52. The number of rotatable bonds is 5. The first kappa shape index (κ1) is 22.6. The van der Waals surface area contributed by atoms with Crippen molar-refractivity contribution in [2.45, 2.75) is 32.4 Å². The number of nitrogens with zero attached hydrogens (tertiary/aromatic N) is 2. The van der Waals surface area contributed by atoms with E-state index in [0.717, 1.165) is 74.7 Å². The average molecular weight is 457 g/mol. The molecule has 3 aliphatic rings. The number of fused-ring (bicyclic) bond motifs is 1. The van der Waals surface area contributed by atoms with Gasteiger partial charge in [0.05, 0.1) is 18.8 Å². The van der Waals surface area contributed by atoms with E-state index < -0.39 is 0 Å². The number of hydrogen-bond acceptors (Lipinski definition) is 4. The lowest BCUT2D eigenvalue weighted by Gasteiger charge is -2.26. The lowest BCUT2D eigenvalue weighted by atomic mass is 10.0. The van der Waals surface area contributed by atoms with Gasteiger partial charge >= 0.3 is 0 Å². The number of piperidine rings is 1. The lowest BCUT2D eigenvalue weighted by molar-refractivity contribution is -0.133. The van der Waals surface area contributed by atoms with Gasteiger partial charge in [0.2, 0.25) is 5.91 Å². The molecule has 0 saturated carbocycles. The summed E-state index contributed by atoms with van der Waals surface area (Å²) in [7, 11) is 0. The minimum atomic E-state index is -0.0921. The third-order valence-corrected chi connectivity index (χ3v) is 6.24. The molecule has 2 fully saturated rings. The molecule has 3 aliphatic heterocycles. The number of aromatic amines is 1. The molecule has 5 rings (SSSR count). The Morgan fingerprint density at radius 2 is 1.84 bits per heavy atom. The number of H-pyrrole nitrogens is 1. The van der Waals surface area contributed by atoms with Gasteiger partial charge in [0.25, 0.3) is 5.91 Å². The van der Waals surface area contributed by atoms with Crippen LogP contribution in [0.5, 0.6) is 0 Å². The summed E-state index contributed by atoms with van der Waals surface area (Å²) in [6, 6.07) is 8.08. The summed E-state index contributed by atoms with van der Waals surface area (Å²) in [5.41, 5.74) is 5.54. The average Bonchev–Trinajstić information content (AvgIpc) is 3.34. The van der Waals surface area contributed by atoms with Gasteiger partial charge in [0.1, 0.15) is 0 Å². The predicted molar refractivity (Wildman–Crippen MR) is 126 cm³/mol. The molecule has 1 aromatic heterocycles. The van der Waals surface area contributed by atoms with Crippen LogP contribution < -0.4 is 5.32 Å². The second kappa shape index (κ2) is 9.90. The van der Waals surface area contributed by atoms with Crippen molar-refractivity contribution in [2.75, 3.05) is 38.2 Å². The van der Waals surface area contributed by atoms with Crippen LogP contribution in [0.3, 0.4) is 0 Å². The molecule has 4 heterocycles. The Bertz CT molecular complexity index is 1030. The molecule has 2 amide bonds. The summed E-state index contributed by atoms with van der Waals surface area (Å²) in [6.07, 6.45) is 6.60. The van der Waals surface area contributed by atoms with E-state index in [0.29, 0.717) is 18.5 Å². The third-order valence-electron chi connectivity index (χ3n) is 6.24. The fourth-order valence-electron chi connectivity index (χ4n) is 4.53. The summed E-state index contributed by atoms with van der Waals surface area (Å²) >= 11 is 0. The van der Waals surface area contributed by atoms with Crippen LogP contribution in [0.15, 0.2) is 30.5 Å². The van der Waals surface area contributed by atoms with Gasteiger partial charge in [-0.15, -0.1) is 12.4 Å². The minimum absolute atomic E-state index is 0. The molecule has 0 bridgehead atoms. The van der Waals surface area contributed by atoms with Crippen molar-refractivity contribution in [2.24, 2.45) is 0 Å². The number of morpholine rings is 1. The Morgan fingerprint density at radius 1 is 1.00 bits per heavy atom. The molecule has 7 nitrogen and oxygen atoms in total. The van der Waals surface area contributed by atoms with E-state index in [1.54, 1.807) is 0 Å². The van der Waals surface area contributed by atoms with Crippen LogP contribution in [-0.4, -0.2) is 59.4 Å². The summed E-state index contributed by atoms with van der Waals surface area (Å²) in [5, 5.41) is 2.96. The number of anilines is 1. The van der Waals surface area contributed by atoms with Gasteiger partial charge in [-0.05, 0) is 48.2 Å². The Morgan fingerprint density at radius 3 is 2.66 bits per heavy atom. The summed E-state index contributed by atoms with van der Waals surface area (Å²) in [4.78, 5) is 32.4. The van der Waals surface area contributed by atoms with E-state index in [1.165, 1.54) is 5.56 Å². The zero-order chi connectivity index (χ0) is 21.2. The van der Waals surface area contributed by atoms with Gasteiger partial charge in [-0.2, -0.15) is 0 Å². The highest BCUT2D eigenvalue weighted by molar-refractivity contribution is 6.34. The van der Waals surface area contributed by atoms with Crippen molar-refractivity contribution in [1.29, 1.82) is 0 Å². The maximum absolute atomic E-state index is 12.6. The van der Waals surface area contributed by atoms with Crippen LogP contribution in [0.2, 0.25) is 0 Å². The first-order valence-electron chi connectivity index (χ1n) is 11.1. The largest absolute Gasteiger partial charge is 0.379 e. The molecular formula is C24H29ClN4O3. The molecule has 2 saturated heterocycles. The van der Waals surface area contributed by atoms with E-state index in [1.807, 2.05) is 35.4 Å². The first-order valence-corrected chi connectivity index (χ1v) is 11.1. The SMILES string of the molecule is Cl.O=C1Nc2ccc(CN3CCCCC3=O)cc2C1=Cc1cc(CN2CCOCC2)c[nH]1. The number of amides is 2. The highest BCUT2D eigenvalue weighted by Crippen LogP contribution is 2.34. The molecule has 2 N–H and O–H groups in total. The second-order valence-electron chi connectivity index (χ2n) is 8.52. The van der Waals surface area contributed by atoms with Gasteiger partial charge in [-0.3, -0.25) is 14.5 Å². The maximum atomic E-state index is 12.6. The molecule has 2 aromatic rings. The van der Waals surface area contributed by atoms with Crippen LogP contribution in [-0.2, 0) is 27.4 Å². The molecule has 0 atom stereocenters. The van der Waals surface area contributed by atoms with E-state index in [-0.39, 0.29) is 24.2 Å². The van der Waals surface area contributed by atoms with Crippen molar-refractivity contribution >= 4 is 41.6 Å². The molecule has 170 valence electrons. The smallest absolute Gasteiger partial charge is 0.256 e. The van der Waals surface area contributed by atoms with Gasteiger partial charge in [0, 0.05) is 62.3 Å². The normalized spacial score (nSPS) is 20.2. The monoisotopic (exact) mass is 456 g/mol.